The molecule has 0 saturated heterocycles. The summed E-state index contributed by atoms with van der Waals surface area (Å²) in [4.78, 5) is 0. The third-order valence-corrected chi connectivity index (χ3v) is 0. The van der Waals surface area contributed by atoms with Crippen molar-refractivity contribution >= 4 is 0 Å². The molecular weight excluding hydrogens is 230 g/mol. The van der Waals surface area contributed by atoms with Crippen LogP contribution in [-0.2, 0) is 19.5 Å². The van der Waals surface area contributed by atoms with E-state index in [2.05, 4.69) is 0 Å². The van der Waals surface area contributed by atoms with Gasteiger partial charge in [0, 0.05) is 0 Å². The third kappa shape index (κ3) is 1890. The fourth-order valence-corrected chi connectivity index (χ4v) is 0. The Bertz CT molecular complexity index is 60.2. The zero-order valence-electron chi connectivity index (χ0n) is 5.12. The smallest absolute Gasteiger partial charge is 0.512 e. The summed E-state index contributed by atoms with van der Waals surface area (Å²) in [6.45, 7) is 19.0. The van der Waals surface area contributed by atoms with Crippen molar-refractivity contribution in [2.45, 2.75) is 0 Å². The van der Waals surface area contributed by atoms with E-state index in [-0.39, 0.29) is 49.0 Å². The van der Waals surface area contributed by atoms with Gasteiger partial charge in [0.05, 0.1) is 0 Å². The summed E-state index contributed by atoms with van der Waals surface area (Å²) >= 11 is 0. The van der Waals surface area contributed by atoms with Crippen molar-refractivity contribution in [3.05, 3.63) is 26.3 Å². The standard InChI is InChI=1S/4CN.Na.Rh/c4*1-2;;/q4*-1;+1;+3. The zero-order chi connectivity index (χ0) is 8.00. The van der Waals surface area contributed by atoms with Crippen LogP contribution in [0.4, 0.5) is 0 Å². The SMILES string of the molecule is [C-]#N.[C-]#N.[C-]#N.[C-]#N.[Na+].[Rh+3]. The maximum Gasteiger partial charge on any atom is 3.00 e. The van der Waals surface area contributed by atoms with Crippen LogP contribution < -0.4 is 29.6 Å². The van der Waals surface area contributed by atoms with Crippen molar-refractivity contribution in [1.82, 2.24) is 0 Å². The summed E-state index contributed by atoms with van der Waals surface area (Å²) in [6, 6.07) is 0. The second-order valence-corrected chi connectivity index (χ2v) is 0. The molecular formula is C4N4NaRh. The molecule has 6 heteroatoms. The maximum absolute atomic E-state index is 6.25. The molecule has 0 aromatic carbocycles. The Hall–Kier alpha value is -0.417. The van der Waals surface area contributed by atoms with Crippen molar-refractivity contribution in [2.24, 2.45) is 0 Å². The van der Waals surface area contributed by atoms with Gasteiger partial charge in [0.1, 0.15) is 0 Å². The van der Waals surface area contributed by atoms with E-state index in [4.69, 9.17) is 47.3 Å². The molecule has 0 aliphatic rings. The Balaban J connectivity index is -0.00000000500. The Morgan fingerprint density at radius 3 is 0.500 bits per heavy atom. The van der Waals surface area contributed by atoms with Gasteiger partial charge < -0.3 is 47.3 Å². The molecule has 0 bridgehead atoms. The maximum atomic E-state index is 6.25. The van der Waals surface area contributed by atoms with Crippen molar-refractivity contribution in [3.8, 4) is 0 Å². The van der Waals surface area contributed by atoms with Crippen LogP contribution in [0.25, 0.3) is 0 Å². The first kappa shape index (κ1) is 55.0. The fourth-order valence-electron chi connectivity index (χ4n) is 0. The molecule has 0 saturated carbocycles. The summed E-state index contributed by atoms with van der Waals surface area (Å²) in [6.07, 6.45) is 0. The van der Waals surface area contributed by atoms with Crippen LogP contribution in [0.5, 0.6) is 0 Å². The summed E-state index contributed by atoms with van der Waals surface area (Å²) < 4.78 is 0. The van der Waals surface area contributed by atoms with E-state index in [9.17, 15) is 0 Å². The van der Waals surface area contributed by atoms with E-state index in [1.807, 2.05) is 0 Å². The average Bonchev–Trinajstić information content (AvgIpc) is 2.03. The third-order valence-electron chi connectivity index (χ3n) is 0. The first-order valence-electron chi connectivity index (χ1n) is 0.894. The molecule has 0 unspecified atom stereocenters. The second kappa shape index (κ2) is 2840. The molecule has 0 radical (unpaired) electrons. The monoisotopic (exact) mass is 230 g/mol. The van der Waals surface area contributed by atoms with Crippen LogP contribution >= 0.6 is 0 Å². The molecule has 0 heterocycles. The van der Waals surface area contributed by atoms with Gasteiger partial charge in [0.15, 0.2) is 0 Å². The van der Waals surface area contributed by atoms with Crippen LogP contribution in [0.15, 0.2) is 0 Å². The van der Waals surface area contributed by atoms with E-state index in [1.54, 1.807) is 0 Å². The zero-order valence-corrected chi connectivity index (χ0v) is 8.76. The minimum Gasteiger partial charge on any atom is -0.512 e. The summed E-state index contributed by atoms with van der Waals surface area (Å²) in [5, 5.41) is 25.0. The summed E-state index contributed by atoms with van der Waals surface area (Å²) in [5.74, 6) is 0. The van der Waals surface area contributed by atoms with Gasteiger partial charge in [-0.25, -0.2) is 0 Å². The topological polar surface area (TPSA) is 95.2 Å². The molecule has 4 nitrogen and oxygen atoms in total. The molecule has 10 heavy (non-hydrogen) atoms. The van der Waals surface area contributed by atoms with Gasteiger partial charge in [-0.1, -0.05) is 0 Å². The molecule has 0 atom stereocenters. The predicted octanol–water partition coefficient (Wildman–Crippen LogP) is -2.61. The number of nitrogens with zero attached hydrogens (tertiary/aromatic N) is 4. The molecule has 0 aromatic heterocycles. The fraction of sp³-hybridized carbons (Fsp3) is 0. The van der Waals surface area contributed by atoms with Crippen molar-refractivity contribution in [1.29, 1.82) is 21.0 Å². The molecule has 0 N–H and O–H groups in total. The van der Waals surface area contributed by atoms with Crippen molar-refractivity contribution in [2.75, 3.05) is 0 Å². The minimum atomic E-state index is 0. The van der Waals surface area contributed by atoms with Gasteiger partial charge in [0.25, 0.3) is 0 Å². The Labute approximate surface area is 95.7 Å². The molecule has 0 aliphatic carbocycles. The first-order valence-corrected chi connectivity index (χ1v) is 0.894. The van der Waals surface area contributed by atoms with E-state index >= 15 is 0 Å². The predicted molar refractivity (Wildman–Crippen MR) is 19.9 cm³/mol. The average molecular weight is 230 g/mol. The van der Waals surface area contributed by atoms with Gasteiger partial charge in [-0.05, 0) is 0 Å². The van der Waals surface area contributed by atoms with Crippen LogP contribution in [0.2, 0.25) is 0 Å². The molecule has 46 valence electrons. The minimum absolute atomic E-state index is 0. The van der Waals surface area contributed by atoms with Crippen LogP contribution in [0, 0.1) is 47.3 Å². The van der Waals surface area contributed by atoms with Crippen LogP contribution in [0.1, 0.15) is 0 Å². The van der Waals surface area contributed by atoms with E-state index in [0.717, 1.165) is 0 Å². The van der Waals surface area contributed by atoms with Gasteiger partial charge >= 0.3 is 49.0 Å². The quantitative estimate of drug-likeness (QED) is 0.336. The Morgan fingerprint density at radius 1 is 0.500 bits per heavy atom. The van der Waals surface area contributed by atoms with Crippen LogP contribution in [0.3, 0.4) is 0 Å². The van der Waals surface area contributed by atoms with Crippen LogP contribution in [-0.4, -0.2) is 0 Å². The number of rotatable bonds is 0. The van der Waals surface area contributed by atoms with Crippen molar-refractivity contribution in [3.63, 3.8) is 0 Å². The first-order chi connectivity index (χ1) is 4.00. The normalized spacial score (nSPS) is 0.800. The molecule has 0 aliphatic heterocycles. The number of hydrogen-bond donors (Lipinski definition) is 0. The summed E-state index contributed by atoms with van der Waals surface area (Å²) in [5.41, 5.74) is 0. The Morgan fingerprint density at radius 2 is 0.500 bits per heavy atom. The van der Waals surface area contributed by atoms with Gasteiger partial charge in [-0.15, -0.1) is 0 Å². The molecule has 0 fully saturated rings. The van der Waals surface area contributed by atoms with Gasteiger partial charge in [0.2, 0.25) is 0 Å². The van der Waals surface area contributed by atoms with Gasteiger partial charge in [-0.2, -0.15) is 0 Å². The Kier molecular flexibility index (Phi) is 15600. The molecule has 0 spiro atoms. The van der Waals surface area contributed by atoms with E-state index < -0.39 is 0 Å². The molecule has 0 amide bonds. The number of hydrogen-bond acceptors (Lipinski definition) is 4. The molecule has 0 rings (SSSR count). The van der Waals surface area contributed by atoms with Crippen molar-refractivity contribution < 1.29 is 49.0 Å². The van der Waals surface area contributed by atoms with E-state index in [0.29, 0.717) is 0 Å². The van der Waals surface area contributed by atoms with E-state index in [1.165, 1.54) is 0 Å². The molecule has 0 aromatic rings. The summed E-state index contributed by atoms with van der Waals surface area (Å²) in [7, 11) is 0. The second-order valence-electron chi connectivity index (χ2n) is 0. The largest absolute Gasteiger partial charge is 3.00 e. The van der Waals surface area contributed by atoms with Gasteiger partial charge in [-0.3, -0.25) is 0 Å².